The van der Waals surface area contributed by atoms with Gasteiger partial charge in [-0.15, -0.1) is 0 Å². The number of carbonyl (C=O) groups is 1. The summed E-state index contributed by atoms with van der Waals surface area (Å²) in [5, 5.41) is 13.3. The third kappa shape index (κ3) is 6.32. The van der Waals surface area contributed by atoms with Crippen molar-refractivity contribution in [2.45, 2.75) is 20.5 Å². The van der Waals surface area contributed by atoms with Gasteiger partial charge in [0.05, 0.1) is 17.2 Å². The molecule has 174 valence electrons. The van der Waals surface area contributed by atoms with Gasteiger partial charge in [0.15, 0.2) is 11.5 Å². The summed E-state index contributed by atoms with van der Waals surface area (Å²) in [7, 11) is 1.52. The number of nitrogens with zero attached hydrogens (tertiary/aromatic N) is 1. The lowest BCUT2D eigenvalue weighted by Gasteiger charge is -2.14. The third-order valence-electron chi connectivity index (χ3n) is 4.97. The lowest BCUT2D eigenvalue weighted by molar-refractivity contribution is -0.112. The van der Waals surface area contributed by atoms with Gasteiger partial charge in [-0.3, -0.25) is 4.79 Å². The first-order valence-electron chi connectivity index (χ1n) is 10.2. The van der Waals surface area contributed by atoms with E-state index in [1.165, 1.54) is 13.2 Å². The van der Waals surface area contributed by atoms with E-state index in [4.69, 9.17) is 32.7 Å². The van der Waals surface area contributed by atoms with Gasteiger partial charge in [-0.05, 0) is 72.5 Å². The summed E-state index contributed by atoms with van der Waals surface area (Å²) in [5.74, 6) is 0.430. The number of halogens is 3. The molecule has 0 heterocycles. The second-order valence-corrected chi connectivity index (χ2v) is 9.17. The van der Waals surface area contributed by atoms with Crippen molar-refractivity contribution in [2.75, 3.05) is 12.4 Å². The molecule has 0 fully saturated rings. The highest BCUT2D eigenvalue weighted by Gasteiger charge is 2.15. The maximum Gasteiger partial charge on any atom is 0.266 e. The molecule has 0 saturated heterocycles. The van der Waals surface area contributed by atoms with Gasteiger partial charge < -0.3 is 14.8 Å². The average molecular weight is 560 g/mol. The van der Waals surface area contributed by atoms with Crippen LogP contribution in [0.15, 0.2) is 58.6 Å². The number of anilines is 1. The Kier molecular flexibility index (Phi) is 8.62. The van der Waals surface area contributed by atoms with Crippen molar-refractivity contribution >= 4 is 56.8 Å². The Hall–Kier alpha value is -2.98. The molecule has 1 amide bonds. The summed E-state index contributed by atoms with van der Waals surface area (Å²) >= 11 is 15.5. The highest BCUT2D eigenvalue weighted by Crippen LogP contribution is 2.35. The predicted molar refractivity (Wildman–Crippen MR) is 140 cm³/mol. The van der Waals surface area contributed by atoms with Crippen LogP contribution in [-0.2, 0) is 11.4 Å². The summed E-state index contributed by atoms with van der Waals surface area (Å²) < 4.78 is 12.0. The summed E-state index contributed by atoms with van der Waals surface area (Å²) in [6.07, 6.45) is 1.50. The number of benzene rings is 3. The van der Waals surface area contributed by atoms with Crippen molar-refractivity contribution in [1.29, 1.82) is 5.26 Å². The maximum atomic E-state index is 12.8. The molecule has 0 bridgehead atoms. The van der Waals surface area contributed by atoms with Crippen molar-refractivity contribution in [3.05, 3.63) is 90.9 Å². The molecule has 34 heavy (non-hydrogen) atoms. The molecule has 0 aromatic heterocycles. The molecule has 0 unspecified atom stereocenters. The number of rotatable bonds is 7. The molecule has 3 rings (SSSR count). The molecule has 3 aromatic carbocycles. The minimum Gasteiger partial charge on any atom is -0.493 e. The van der Waals surface area contributed by atoms with Crippen LogP contribution in [-0.4, -0.2) is 13.0 Å². The summed E-state index contributed by atoms with van der Waals surface area (Å²) in [5.41, 5.74) is 3.95. The molecule has 5 nitrogen and oxygen atoms in total. The van der Waals surface area contributed by atoms with E-state index in [1.807, 2.05) is 44.2 Å². The minimum atomic E-state index is -0.498. The van der Waals surface area contributed by atoms with Crippen LogP contribution in [0.5, 0.6) is 11.5 Å². The fourth-order valence-electron chi connectivity index (χ4n) is 3.09. The zero-order chi connectivity index (χ0) is 24.8. The lowest BCUT2D eigenvalue weighted by atomic mass is 10.1. The first-order valence-corrected chi connectivity index (χ1v) is 11.7. The highest BCUT2D eigenvalue weighted by atomic mass is 79.9. The Morgan fingerprint density at radius 2 is 1.85 bits per heavy atom. The first kappa shape index (κ1) is 25.6. The number of aryl methyl sites for hydroxylation is 2. The number of nitriles is 1. The predicted octanol–water partition coefficient (Wildman–Crippen LogP) is 7.51. The fourth-order valence-corrected chi connectivity index (χ4v) is 3.85. The van der Waals surface area contributed by atoms with Crippen LogP contribution < -0.4 is 14.8 Å². The number of nitrogens with one attached hydrogen (secondary N) is 1. The molecular weight excluding hydrogens is 539 g/mol. The van der Waals surface area contributed by atoms with E-state index in [9.17, 15) is 10.1 Å². The molecule has 0 spiro atoms. The first-order chi connectivity index (χ1) is 16.2. The van der Waals surface area contributed by atoms with Crippen LogP contribution in [0, 0.1) is 25.2 Å². The standard InChI is InChI=1S/C26H21BrCl2N2O3/c1-15-4-5-16(2)23(8-15)31-26(32)19(13-30)10-18-11-24(33-3)25(12-20(18)27)34-14-17-6-7-21(28)22(29)9-17/h4-12H,14H2,1-3H3,(H,31,32)/b19-10+. The van der Waals surface area contributed by atoms with Crippen molar-refractivity contribution in [3.63, 3.8) is 0 Å². The van der Waals surface area contributed by atoms with Gasteiger partial charge in [-0.1, -0.05) is 57.3 Å². The largest absolute Gasteiger partial charge is 0.493 e. The van der Waals surface area contributed by atoms with Gasteiger partial charge in [-0.25, -0.2) is 0 Å². The monoisotopic (exact) mass is 558 g/mol. The van der Waals surface area contributed by atoms with Crippen LogP contribution in [0.3, 0.4) is 0 Å². The molecule has 3 aromatic rings. The molecule has 8 heteroatoms. The molecule has 1 N–H and O–H groups in total. The van der Waals surface area contributed by atoms with Crippen molar-refractivity contribution in [1.82, 2.24) is 0 Å². The number of carbonyl (C=O) groups excluding carboxylic acids is 1. The quantitative estimate of drug-likeness (QED) is 0.240. The van der Waals surface area contributed by atoms with E-state index in [-0.39, 0.29) is 12.2 Å². The van der Waals surface area contributed by atoms with Gasteiger partial charge >= 0.3 is 0 Å². The summed E-state index contributed by atoms with van der Waals surface area (Å²) in [4.78, 5) is 12.8. The van der Waals surface area contributed by atoms with E-state index >= 15 is 0 Å². The van der Waals surface area contributed by atoms with Gasteiger partial charge in [0.1, 0.15) is 18.2 Å². The van der Waals surface area contributed by atoms with E-state index in [2.05, 4.69) is 21.2 Å². The van der Waals surface area contributed by atoms with Gasteiger partial charge in [0.25, 0.3) is 5.91 Å². The number of methoxy groups -OCH3 is 1. The van der Waals surface area contributed by atoms with E-state index in [1.54, 1.807) is 24.3 Å². The highest BCUT2D eigenvalue weighted by molar-refractivity contribution is 9.10. The zero-order valence-corrected chi connectivity index (χ0v) is 21.8. The van der Waals surface area contributed by atoms with E-state index in [0.717, 1.165) is 16.7 Å². The van der Waals surface area contributed by atoms with Gasteiger partial charge in [0.2, 0.25) is 0 Å². The number of hydrogen-bond donors (Lipinski definition) is 1. The summed E-state index contributed by atoms with van der Waals surface area (Å²) in [6.45, 7) is 4.07. The number of hydrogen-bond acceptors (Lipinski definition) is 4. The molecule has 0 aliphatic rings. The van der Waals surface area contributed by atoms with Crippen molar-refractivity contribution in [3.8, 4) is 17.6 Å². The SMILES string of the molecule is COc1cc(/C=C(\C#N)C(=O)Nc2cc(C)ccc2C)c(Br)cc1OCc1ccc(Cl)c(Cl)c1. The summed E-state index contributed by atoms with van der Waals surface area (Å²) in [6, 6.07) is 16.4. The van der Waals surface area contributed by atoms with Crippen LogP contribution in [0.2, 0.25) is 10.0 Å². The van der Waals surface area contributed by atoms with Crippen molar-refractivity contribution < 1.29 is 14.3 Å². The Bertz CT molecular complexity index is 1320. The average Bonchev–Trinajstić information content (AvgIpc) is 2.81. The van der Waals surface area contributed by atoms with E-state index in [0.29, 0.717) is 37.3 Å². The van der Waals surface area contributed by atoms with Gasteiger partial charge in [-0.2, -0.15) is 5.26 Å². The Balaban J connectivity index is 1.84. The Labute approximate surface area is 217 Å². The van der Waals surface area contributed by atoms with Crippen LogP contribution in [0.4, 0.5) is 5.69 Å². The van der Waals surface area contributed by atoms with Crippen LogP contribution >= 0.6 is 39.1 Å². The maximum absolute atomic E-state index is 12.8. The molecule has 0 radical (unpaired) electrons. The normalized spacial score (nSPS) is 11.0. The minimum absolute atomic E-state index is 0.0480. The second kappa shape index (κ2) is 11.4. The number of amides is 1. The van der Waals surface area contributed by atoms with Crippen LogP contribution in [0.1, 0.15) is 22.3 Å². The molecular formula is C26H21BrCl2N2O3. The topological polar surface area (TPSA) is 71.3 Å². The molecule has 0 aliphatic heterocycles. The second-order valence-electron chi connectivity index (χ2n) is 7.50. The molecule has 0 atom stereocenters. The Morgan fingerprint density at radius 1 is 1.09 bits per heavy atom. The van der Waals surface area contributed by atoms with E-state index < -0.39 is 5.91 Å². The smallest absolute Gasteiger partial charge is 0.266 e. The molecule has 0 aliphatic carbocycles. The fraction of sp³-hybridized carbons (Fsp3) is 0.154. The third-order valence-corrected chi connectivity index (χ3v) is 6.39. The zero-order valence-electron chi connectivity index (χ0n) is 18.7. The molecule has 0 saturated carbocycles. The number of ether oxygens (including phenoxy) is 2. The Morgan fingerprint density at radius 3 is 2.53 bits per heavy atom. The van der Waals surface area contributed by atoms with Crippen molar-refractivity contribution in [2.24, 2.45) is 0 Å². The lowest BCUT2D eigenvalue weighted by Crippen LogP contribution is -2.14. The van der Waals surface area contributed by atoms with Crippen LogP contribution in [0.25, 0.3) is 6.08 Å². The van der Waals surface area contributed by atoms with Gasteiger partial charge in [0, 0.05) is 10.2 Å².